The Morgan fingerprint density at radius 2 is 1.60 bits per heavy atom. The molecule has 7 heteroatoms. The van der Waals surface area contributed by atoms with Gasteiger partial charge in [-0.3, -0.25) is 14.3 Å². The number of rotatable bonds is 7. The Bertz CT molecular complexity index is 1320. The molecule has 1 aliphatic rings. The van der Waals surface area contributed by atoms with Crippen LogP contribution in [0.1, 0.15) is 43.7 Å². The van der Waals surface area contributed by atoms with Gasteiger partial charge in [0.2, 0.25) is 0 Å². The van der Waals surface area contributed by atoms with E-state index in [0.29, 0.717) is 36.8 Å². The third kappa shape index (κ3) is 5.28. The summed E-state index contributed by atoms with van der Waals surface area (Å²) < 4.78 is 1.63. The highest BCUT2D eigenvalue weighted by Gasteiger charge is 2.28. The topological polar surface area (TPSA) is 67.2 Å². The molecule has 0 bridgehead atoms. The van der Waals surface area contributed by atoms with Gasteiger partial charge in [0.25, 0.3) is 11.8 Å². The number of hydrogen-bond donors (Lipinski definition) is 1. The van der Waals surface area contributed by atoms with Gasteiger partial charge in [0.15, 0.2) is 5.69 Å². The van der Waals surface area contributed by atoms with Crippen LogP contribution in [0.5, 0.6) is 0 Å². The highest BCUT2D eigenvalue weighted by Crippen LogP contribution is 2.21. The molecule has 0 saturated carbocycles. The summed E-state index contributed by atoms with van der Waals surface area (Å²) in [4.78, 5) is 28.1. The SMILES string of the molecule is O=C(NC(Cc1ccccc1)c1ccccc1)c1cc2n(n1)CCN(Cc1ccc(Cl)cc1)C2=O. The van der Waals surface area contributed by atoms with Crippen LogP contribution in [0.3, 0.4) is 0 Å². The third-order valence-electron chi connectivity index (χ3n) is 6.18. The predicted octanol–water partition coefficient (Wildman–Crippen LogP) is 4.91. The van der Waals surface area contributed by atoms with Crippen LogP contribution < -0.4 is 5.32 Å². The summed E-state index contributed by atoms with van der Waals surface area (Å²) in [6.45, 7) is 1.54. The number of nitrogens with one attached hydrogen (secondary N) is 1. The Kier molecular flexibility index (Phi) is 6.64. The molecule has 1 N–H and O–H groups in total. The first-order valence-corrected chi connectivity index (χ1v) is 12.0. The molecule has 3 aromatic carbocycles. The van der Waals surface area contributed by atoms with Gasteiger partial charge in [-0.15, -0.1) is 0 Å². The zero-order chi connectivity index (χ0) is 24.2. The Labute approximate surface area is 209 Å². The van der Waals surface area contributed by atoms with Crippen molar-refractivity contribution in [2.75, 3.05) is 6.54 Å². The molecule has 5 rings (SSSR count). The van der Waals surface area contributed by atoms with Crippen LogP contribution in [0.25, 0.3) is 0 Å². The van der Waals surface area contributed by atoms with E-state index in [0.717, 1.165) is 16.7 Å². The molecule has 1 atom stereocenters. The molecular formula is C28H25ClN4O2. The Morgan fingerprint density at radius 3 is 2.31 bits per heavy atom. The summed E-state index contributed by atoms with van der Waals surface area (Å²) in [5.41, 5.74) is 3.81. The highest BCUT2D eigenvalue weighted by atomic mass is 35.5. The lowest BCUT2D eigenvalue weighted by Gasteiger charge is -2.27. The third-order valence-corrected chi connectivity index (χ3v) is 6.43. The maximum atomic E-state index is 13.2. The van der Waals surface area contributed by atoms with E-state index in [9.17, 15) is 9.59 Å². The lowest BCUT2D eigenvalue weighted by Crippen LogP contribution is -2.39. The lowest BCUT2D eigenvalue weighted by atomic mass is 9.98. The summed E-state index contributed by atoms with van der Waals surface area (Å²) >= 11 is 5.97. The van der Waals surface area contributed by atoms with Crippen molar-refractivity contribution in [3.63, 3.8) is 0 Å². The molecule has 0 spiro atoms. The molecule has 4 aromatic rings. The molecule has 6 nitrogen and oxygen atoms in total. The number of carbonyl (C=O) groups is 2. The molecule has 1 unspecified atom stereocenters. The fourth-order valence-corrected chi connectivity index (χ4v) is 4.46. The van der Waals surface area contributed by atoms with Crippen LogP contribution in [0, 0.1) is 0 Å². The quantitative estimate of drug-likeness (QED) is 0.405. The van der Waals surface area contributed by atoms with Gasteiger partial charge in [-0.25, -0.2) is 0 Å². The number of fused-ring (bicyclic) bond motifs is 1. The maximum Gasteiger partial charge on any atom is 0.272 e. The molecule has 176 valence electrons. The summed E-state index contributed by atoms with van der Waals surface area (Å²) in [7, 11) is 0. The maximum absolute atomic E-state index is 13.2. The summed E-state index contributed by atoms with van der Waals surface area (Å²) in [5, 5.41) is 8.23. The van der Waals surface area contributed by atoms with Gasteiger partial charge in [0, 0.05) is 24.2 Å². The van der Waals surface area contributed by atoms with E-state index >= 15 is 0 Å². The van der Waals surface area contributed by atoms with E-state index in [1.807, 2.05) is 84.9 Å². The van der Waals surface area contributed by atoms with Crippen molar-refractivity contribution in [2.24, 2.45) is 0 Å². The highest BCUT2D eigenvalue weighted by molar-refractivity contribution is 6.30. The minimum atomic E-state index is -0.297. The van der Waals surface area contributed by atoms with Gasteiger partial charge in [-0.2, -0.15) is 5.10 Å². The fraction of sp³-hybridized carbons (Fsp3) is 0.179. The van der Waals surface area contributed by atoms with Crippen LogP contribution >= 0.6 is 11.6 Å². The second-order valence-electron chi connectivity index (χ2n) is 8.62. The van der Waals surface area contributed by atoms with Crippen molar-refractivity contribution in [1.82, 2.24) is 20.0 Å². The lowest BCUT2D eigenvalue weighted by molar-refractivity contribution is 0.0683. The molecule has 0 fully saturated rings. The minimum absolute atomic E-state index is 0.137. The van der Waals surface area contributed by atoms with E-state index in [2.05, 4.69) is 10.4 Å². The summed E-state index contributed by atoms with van der Waals surface area (Å²) in [6.07, 6.45) is 0.651. The average Bonchev–Trinajstić information content (AvgIpc) is 3.33. The number of aromatic nitrogens is 2. The molecule has 35 heavy (non-hydrogen) atoms. The van der Waals surface area contributed by atoms with Gasteiger partial charge in [0.05, 0.1) is 12.6 Å². The normalized spacial score (nSPS) is 13.9. The number of benzene rings is 3. The van der Waals surface area contributed by atoms with Crippen LogP contribution in [0.4, 0.5) is 0 Å². The molecule has 1 aliphatic heterocycles. The van der Waals surface area contributed by atoms with Crippen LogP contribution in [0.15, 0.2) is 91.0 Å². The van der Waals surface area contributed by atoms with Crippen molar-refractivity contribution >= 4 is 23.4 Å². The van der Waals surface area contributed by atoms with Crippen molar-refractivity contribution in [3.05, 3.63) is 124 Å². The van der Waals surface area contributed by atoms with Gasteiger partial charge in [-0.1, -0.05) is 84.4 Å². The second-order valence-corrected chi connectivity index (χ2v) is 9.05. The molecular weight excluding hydrogens is 460 g/mol. The number of nitrogens with zero attached hydrogens (tertiary/aromatic N) is 3. The first-order valence-electron chi connectivity index (χ1n) is 11.6. The molecule has 0 saturated heterocycles. The molecule has 0 aliphatic carbocycles. The van der Waals surface area contributed by atoms with E-state index in [1.165, 1.54) is 0 Å². The molecule has 1 aromatic heterocycles. The largest absolute Gasteiger partial charge is 0.344 e. The monoisotopic (exact) mass is 484 g/mol. The van der Waals surface area contributed by atoms with Crippen molar-refractivity contribution in [3.8, 4) is 0 Å². The Morgan fingerprint density at radius 1 is 0.914 bits per heavy atom. The molecule has 2 amide bonds. The number of amides is 2. The van der Waals surface area contributed by atoms with Gasteiger partial charge >= 0.3 is 0 Å². The second kappa shape index (κ2) is 10.2. The van der Waals surface area contributed by atoms with Gasteiger partial charge < -0.3 is 10.2 Å². The van der Waals surface area contributed by atoms with E-state index in [-0.39, 0.29) is 23.6 Å². The average molecular weight is 485 g/mol. The van der Waals surface area contributed by atoms with E-state index < -0.39 is 0 Å². The van der Waals surface area contributed by atoms with Crippen molar-refractivity contribution in [1.29, 1.82) is 0 Å². The van der Waals surface area contributed by atoms with Crippen molar-refractivity contribution in [2.45, 2.75) is 25.6 Å². The van der Waals surface area contributed by atoms with Crippen molar-refractivity contribution < 1.29 is 9.59 Å². The van der Waals surface area contributed by atoms with Crippen LogP contribution in [-0.2, 0) is 19.5 Å². The number of carbonyl (C=O) groups excluding carboxylic acids is 2. The Hall–Kier alpha value is -3.90. The standard InChI is InChI=1S/C28H25ClN4O2/c29-23-13-11-21(12-14-23)19-32-15-16-33-26(28(32)35)18-25(31-33)27(34)30-24(22-9-5-2-6-10-22)17-20-7-3-1-4-8-20/h1-14,18,24H,15-17,19H2,(H,30,34). The first kappa shape index (κ1) is 22.9. The van der Waals surface area contributed by atoms with Crippen LogP contribution in [-0.4, -0.2) is 33.0 Å². The zero-order valence-electron chi connectivity index (χ0n) is 19.1. The Balaban J connectivity index is 1.33. The van der Waals surface area contributed by atoms with E-state index in [4.69, 9.17) is 11.6 Å². The molecule has 0 radical (unpaired) electrons. The van der Waals surface area contributed by atoms with Crippen LogP contribution in [0.2, 0.25) is 5.02 Å². The first-order chi connectivity index (χ1) is 17.1. The zero-order valence-corrected chi connectivity index (χ0v) is 19.9. The van der Waals surface area contributed by atoms with Gasteiger partial charge in [0.1, 0.15) is 5.69 Å². The predicted molar refractivity (Wildman–Crippen MR) is 135 cm³/mol. The minimum Gasteiger partial charge on any atom is -0.344 e. The fourth-order valence-electron chi connectivity index (χ4n) is 4.33. The number of hydrogen-bond acceptors (Lipinski definition) is 3. The smallest absolute Gasteiger partial charge is 0.272 e. The molecule has 2 heterocycles. The van der Waals surface area contributed by atoms with Gasteiger partial charge in [-0.05, 0) is 35.2 Å². The number of halogens is 1. The summed E-state index contributed by atoms with van der Waals surface area (Å²) in [5.74, 6) is -0.435. The van der Waals surface area contributed by atoms with E-state index in [1.54, 1.807) is 15.6 Å². The summed E-state index contributed by atoms with van der Waals surface area (Å²) in [6, 6.07) is 28.8.